The molecule has 1 aromatic heterocycles. The smallest absolute Gasteiger partial charge is 0.295 e. The Kier molecular flexibility index (Phi) is 9.96. The van der Waals surface area contributed by atoms with Gasteiger partial charge in [-0.1, -0.05) is 61.9 Å². The number of Topliss-reactive ketones (excluding diaryl/α,β-unsaturated/α-hetero) is 1. The van der Waals surface area contributed by atoms with Crippen molar-refractivity contribution in [3.05, 3.63) is 114 Å². The highest BCUT2D eigenvalue weighted by atomic mass is 16.5. The Hall–Kier alpha value is -5.05. The molecule has 9 nitrogen and oxygen atoms in total. The molecule has 4 aromatic rings. The number of carbonyl (C=O) groups is 2. The highest BCUT2D eigenvalue weighted by Gasteiger charge is 2.46. The summed E-state index contributed by atoms with van der Waals surface area (Å²) in [5.41, 5.74) is 2.04. The number of rotatable bonds is 14. The fourth-order valence-electron chi connectivity index (χ4n) is 5.23. The second kappa shape index (κ2) is 14.4. The van der Waals surface area contributed by atoms with Gasteiger partial charge in [0.05, 0.1) is 31.7 Å². The van der Waals surface area contributed by atoms with Gasteiger partial charge < -0.3 is 28.8 Å². The summed E-state index contributed by atoms with van der Waals surface area (Å²) in [6, 6.07) is 21.2. The summed E-state index contributed by atoms with van der Waals surface area (Å²) >= 11 is 0. The van der Waals surface area contributed by atoms with Crippen molar-refractivity contribution in [2.24, 2.45) is 0 Å². The number of aryl methyl sites for hydroxylation is 1. The third-order valence-electron chi connectivity index (χ3n) is 7.53. The van der Waals surface area contributed by atoms with E-state index >= 15 is 0 Å². The predicted molar refractivity (Wildman–Crippen MR) is 166 cm³/mol. The van der Waals surface area contributed by atoms with Gasteiger partial charge in [-0.15, -0.1) is 0 Å². The fraction of sp³-hybridized carbons (Fsp3) is 0.286. The molecule has 1 unspecified atom stereocenters. The molecule has 1 aliphatic heterocycles. The number of aromatic nitrogens is 2. The number of hydrogen-bond donors (Lipinski definition) is 1. The fourth-order valence-corrected chi connectivity index (χ4v) is 5.23. The molecule has 5 rings (SSSR count). The van der Waals surface area contributed by atoms with Crippen LogP contribution in [0.1, 0.15) is 48.9 Å². The van der Waals surface area contributed by atoms with Gasteiger partial charge in [0.15, 0.2) is 11.5 Å². The average molecular weight is 596 g/mol. The van der Waals surface area contributed by atoms with E-state index in [0.717, 1.165) is 18.4 Å². The number of benzene rings is 3. The van der Waals surface area contributed by atoms with Crippen molar-refractivity contribution in [1.29, 1.82) is 0 Å². The number of hydrogen-bond acceptors (Lipinski definition) is 7. The molecule has 9 heteroatoms. The monoisotopic (exact) mass is 595 g/mol. The Morgan fingerprint density at radius 3 is 2.52 bits per heavy atom. The summed E-state index contributed by atoms with van der Waals surface area (Å²) in [7, 11) is 1.54. The molecule has 2 heterocycles. The predicted octanol–water partition coefficient (Wildman–Crippen LogP) is 6.16. The summed E-state index contributed by atoms with van der Waals surface area (Å²) in [5.74, 6) is -0.107. The van der Waals surface area contributed by atoms with Gasteiger partial charge in [-0.25, -0.2) is 4.98 Å². The van der Waals surface area contributed by atoms with Crippen LogP contribution in [0.4, 0.5) is 0 Å². The zero-order valence-electron chi connectivity index (χ0n) is 25.0. The SMILES string of the molecule is CCCCOc1cccc(C(O)=C2C(=O)C(=O)N(CCCn3ccnc3)C2c2ccc(OCc3ccccc3)c(OC)c2)c1. The van der Waals surface area contributed by atoms with Gasteiger partial charge in [0.2, 0.25) is 0 Å². The molecule has 0 bridgehead atoms. The Balaban J connectivity index is 1.50. The first-order chi connectivity index (χ1) is 21.5. The lowest BCUT2D eigenvalue weighted by Gasteiger charge is -2.26. The van der Waals surface area contributed by atoms with Gasteiger partial charge in [-0.05, 0) is 48.2 Å². The Bertz CT molecular complexity index is 1600. The third kappa shape index (κ3) is 6.94. The summed E-state index contributed by atoms with van der Waals surface area (Å²) in [5, 5.41) is 11.6. The van der Waals surface area contributed by atoms with E-state index in [9.17, 15) is 14.7 Å². The van der Waals surface area contributed by atoms with E-state index in [1.807, 2.05) is 41.1 Å². The molecule has 1 fully saturated rings. The molecule has 0 spiro atoms. The lowest BCUT2D eigenvalue weighted by molar-refractivity contribution is -0.139. The number of carbonyl (C=O) groups excluding carboxylic acids is 2. The number of ketones is 1. The largest absolute Gasteiger partial charge is 0.507 e. The van der Waals surface area contributed by atoms with E-state index in [1.165, 1.54) is 4.90 Å². The molecule has 44 heavy (non-hydrogen) atoms. The lowest BCUT2D eigenvalue weighted by Crippen LogP contribution is -2.31. The van der Waals surface area contributed by atoms with Gasteiger partial charge in [0.25, 0.3) is 11.7 Å². The third-order valence-corrected chi connectivity index (χ3v) is 7.53. The molecule has 1 saturated heterocycles. The first-order valence-corrected chi connectivity index (χ1v) is 14.8. The molecule has 228 valence electrons. The van der Waals surface area contributed by atoms with Crippen LogP contribution in [-0.2, 0) is 22.7 Å². The second-order valence-electron chi connectivity index (χ2n) is 10.6. The highest BCUT2D eigenvalue weighted by Crippen LogP contribution is 2.42. The molecule has 1 amide bonds. The number of likely N-dealkylation sites (tertiary alicyclic amines) is 1. The zero-order valence-corrected chi connectivity index (χ0v) is 25.0. The van der Waals surface area contributed by atoms with Crippen LogP contribution < -0.4 is 14.2 Å². The Labute approximate surface area is 257 Å². The normalized spacial score (nSPS) is 15.9. The maximum Gasteiger partial charge on any atom is 0.295 e. The molecule has 0 saturated carbocycles. The minimum Gasteiger partial charge on any atom is -0.507 e. The first-order valence-electron chi connectivity index (χ1n) is 14.8. The molecule has 1 N–H and O–H groups in total. The number of nitrogens with zero attached hydrogens (tertiary/aromatic N) is 3. The van der Waals surface area contributed by atoms with Gasteiger partial charge in [0, 0.05) is 31.0 Å². The van der Waals surface area contributed by atoms with Gasteiger partial charge in [-0.3, -0.25) is 9.59 Å². The quantitative estimate of drug-likeness (QED) is 0.0806. The zero-order chi connectivity index (χ0) is 30.9. The van der Waals surface area contributed by atoms with Crippen LogP contribution in [0.2, 0.25) is 0 Å². The van der Waals surface area contributed by atoms with E-state index < -0.39 is 17.7 Å². The number of aliphatic hydroxyl groups excluding tert-OH is 1. The minimum atomic E-state index is -0.834. The minimum absolute atomic E-state index is 0.0170. The molecular formula is C35H37N3O6. The van der Waals surface area contributed by atoms with Crippen LogP contribution in [0, 0.1) is 0 Å². The average Bonchev–Trinajstić information content (AvgIpc) is 3.66. The van der Waals surface area contributed by atoms with Gasteiger partial charge >= 0.3 is 0 Å². The first kappa shape index (κ1) is 30.4. The van der Waals surface area contributed by atoms with E-state index in [1.54, 1.807) is 62.1 Å². The number of methoxy groups -OCH3 is 1. The molecule has 1 atom stereocenters. The van der Waals surface area contributed by atoms with E-state index in [4.69, 9.17) is 14.2 Å². The number of aliphatic hydroxyl groups is 1. The molecule has 3 aromatic carbocycles. The van der Waals surface area contributed by atoms with E-state index in [2.05, 4.69) is 11.9 Å². The standard InChI is InChI=1S/C35H37N3O6/c1-3-4-20-43-28-13-8-12-27(21-28)33(39)31-32(38(35(41)34(31)40)18-9-17-37-19-16-36-24-37)26-14-15-29(30(22-26)42-2)44-23-25-10-6-5-7-11-25/h5-8,10-16,19,21-22,24,32,39H,3-4,9,17-18,20,23H2,1-2H3. The number of imidazole rings is 1. The number of amides is 1. The molecule has 0 radical (unpaired) electrons. The van der Waals surface area contributed by atoms with Crippen molar-refractivity contribution in [2.45, 2.75) is 45.4 Å². The summed E-state index contributed by atoms with van der Waals surface area (Å²) in [6.45, 7) is 3.87. The van der Waals surface area contributed by atoms with Crippen LogP contribution in [0.25, 0.3) is 5.76 Å². The van der Waals surface area contributed by atoms with Crippen molar-refractivity contribution < 1.29 is 28.9 Å². The van der Waals surface area contributed by atoms with Gasteiger partial charge in [-0.2, -0.15) is 0 Å². The second-order valence-corrected chi connectivity index (χ2v) is 10.6. The van der Waals surface area contributed by atoms with Crippen molar-refractivity contribution in [3.8, 4) is 17.2 Å². The van der Waals surface area contributed by atoms with Crippen molar-refractivity contribution in [2.75, 3.05) is 20.3 Å². The lowest BCUT2D eigenvalue weighted by atomic mass is 9.95. The summed E-state index contributed by atoms with van der Waals surface area (Å²) < 4.78 is 19.5. The van der Waals surface area contributed by atoms with Crippen molar-refractivity contribution >= 4 is 17.4 Å². The maximum absolute atomic E-state index is 13.6. The summed E-state index contributed by atoms with van der Waals surface area (Å²) in [4.78, 5) is 32.6. The van der Waals surface area contributed by atoms with Crippen LogP contribution in [0.15, 0.2) is 97.1 Å². The van der Waals surface area contributed by atoms with Crippen LogP contribution >= 0.6 is 0 Å². The molecular weight excluding hydrogens is 558 g/mol. The Morgan fingerprint density at radius 2 is 1.77 bits per heavy atom. The maximum atomic E-state index is 13.6. The topological polar surface area (TPSA) is 103 Å². The van der Waals surface area contributed by atoms with Gasteiger partial charge in [0.1, 0.15) is 18.1 Å². The number of unbranched alkanes of at least 4 members (excludes halogenated alkanes) is 1. The Morgan fingerprint density at radius 1 is 0.932 bits per heavy atom. The van der Waals surface area contributed by atoms with E-state index in [-0.39, 0.29) is 11.3 Å². The summed E-state index contributed by atoms with van der Waals surface area (Å²) in [6.07, 6.45) is 7.72. The highest BCUT2D eigenvalue weighted by molar-refractivity contribution is 6.46. The molecule has 1 aliphatic rings. The van der Waals surface area contributed by atoms with Crippen LogP contribution in [-0.4, -0.2) is 51.5 Å². The van der Waals surface area contributed by atoms with Crippen molar-refractivity contribution in [1.82, 2.24) is 14.5 Å². The number of ether oxygens (including phenoxy) is 3. The van der Waals surface area contributed by atoms with E-state index in [0.29, 0.717) is 61.1 Å². The molecule has 0 aliphatic carbocycles. The van der Waals surface area contributed by atoms with Crippen molar-refractivity contribution in [3.63, 3.8) is 0 Å². The van der Waals surface area contributed by atoms with Crippen LogP contribution in [0.5, 0.6) is 17.2 Å². The van der Waals surface area contributed by atoms with Crippen LogP contribution in [0.3, 0.4) is 0 Å².